The summed E-state index contributed by atoms with van der Waals surface area (Å²) in [6.07, 6.45) is 2.80. The molecule has 0 N–H and O–H groups in total. The summed E-state index contributed by atoms with van der Waals surface area (Å²) in [6, 6.07) is 0. The van der Waals surface area contributed by atoms with Crippen LogP contribution in [0, 0.1) is 12.8 Å². The summed E-state index contributed by atoms with van der Waals surface area (Å²) in [5, 5.41) is 0. The van der Waals surface area contributed by atoms with Gasteiger partial charge in [0.05, 0.1) is 14.2 Å². The predicted molar refractivity (Wildman–Crippen MR) is 162 cm³/mol. The Labute approximate surface area is 268 Å². The zero-order valence-electron chi connectivity index (χ0n) is 27.6. The summed E-state index contributed by atoms with van der Waals surface area (Å²) in [4.78, 5) is 72.1. The maximum atomic E-state index is 13.1. The fourth-order valence-corrected chi connectivity index (χ4v) is 4.82. The molecule has 1 heterocycles. The maximum Gasteiger partial charge on any atom is 0.342 e. The van der Waals surface area contributed by atoms with E-state index >= 15 is 0 Å². The first-order valence-electron chi connectivity index (χ1n) is 15.1. The molecule has 0 fully saturated rings. The van der Waals surface area contributed by atoms with Gasteiger partial charge >= 0.3 is 35.8 Å². The fraction of sp³-hybridized carbons (Fsp3) is 0.576. The van der Waals surface area contributed by atoms with Gasteiger partial charge in [0, 0.05) is 44.2 Å². The number of methoxy groups -OCH3 is 2. The molecule has 0 saturated heterocycles. The summed E-state index contributed by atoms with van der Waals surface area (Å²) in [7, 11) is 2.82. The van der Waals surface area contributed by atoms with E-state index in [1.165, 1.54) is 28.1 Å². The second kappa shape index (κ2) is 18.5. The molecule has 0 saturated carbocycles. The van der Waals surface area contributed by atoms with Crippen molar-refractivity contribution in [2.75, 3.05) is 27.4 Å². The molecule has 0 spiro atoms. The molecule has 46 heavy (non-hydrogen) atoms. The van der Waals surface area contributed by atoms with Crippen LogP contribution in [0.25, 0.3) is 0 Å². The lowest BCUT2D eigenvalue weighted by atomic mass is 9.94. The van der Waals surface area contributed by atoms with Crippen molar-refractivity contribution in [2.24, 2.45) is 5.92 Å². The van der Waals surface area contributed by atoms with E-state index in [2.05, 4.69) is 0 Å². The second-order valence-corrected chi connectivity index (χ2v) is 11.1. The number of esters is 6. The normalized spacial score (nSPS) is 13.0. The Hall–Kier alpha value is -4.42. The molecule has 1 unspecified atom stereocenters. The van der Waals surface area contributed by atoms with Crippen LogP contribution in [0.1, 0.15) is 93.3 Å². The van der Waals surface area contributed by atoms with Crippen LogP contribution in [0.2, 0.25) is 0 Å². The third kappa shape index (κ3) is 11.8. The van der Waals surface area contributed by atoms with E-state index in [-0.39, 0.29) is 68.7 Å². The van der Waals surface area contributed by atoms with Crippen molar-refractivity contribution in [1.82, 2.24) is 0 Å². The van der Waals surface area contributed by atoms with E-state index in [4.69, 9.17) is 33.2 Å². The van der Waals surface area contributed by atoms with Crippen LogP contribution < -0.4 is 9.47 Å². The molecular weight excluding hydrogens is 604 g/mol. The smallest absolute Gasteiger partial charge is 0.342 e. The number of hydrogen-bond acceptors (Lipinski definition) is 13. The quantitative estimate of drug-likeness (QED) is 0.0960. The van der Waals surface area contributed by atoms with E-state index in [0.717, 1.165) is 5.57 Å². The van der Waals surface area contributed by atoms with Gasteiger partial charge in [0.1, 0.15) is 31.1 Å². The van der Waals surface area contributed by atoms with Crippen molar-refractivity contribution >= 4 is 35.8 Å². The van der Waals surface area contributed by atoms with Gasteiger partial charge in [-0.3, -0.25) is 24.0 Å². The van der Waals surface area contributed by atoms with Gasteiger partial charge in [-0.15, -0.1) is 0 Å². The topological polar surface area (TPSA) is 167 Å². The first kappa shape index (κ1) is 37.8. The number of carbonyl (C=O) groups is 6. The number of ether oxygens (including phenoxy) is 7. The first-order chi connectivity index (χ1) is 21.8. The van der Waals surface area contributed by atoms with Gasteiger partial charge in [-0.05, 0) is 51.0 Å². The largest absolute Gasteiger partial charge is 0.496 e. The zero-order valence-corrected chi connectivity index (χ0v) is 27.6. The highest BCUT2D eigenvalue weighted by Crippen LogP contribution is 2.43. The Morgan fingerprint density at radius 3 is 2.13 bits per heavy atom. The molecule has 0 aromatic heterocycles. The number of hydrogen-bond donors (Lipinski definition) is 0. The average Bonchev–Trinajstić information content (AvgIpc) is 3.38. The monoisotopic (exact) mass is 648 g/mol. The highest BCUT2D eigenvalue weighted by Gasteiger charge is 2.34. The third-order valence-electron chi connectivity index (χ3n) is 7.28. The number of rotatable bonds is 18. The van der Waals surface area contributed by atoms with Gasteiger partial charge < -0.3 is 33.2 Å². The molecule has 1 atom stereocenters. The lowest BCUT2D eigenvalue weighted by Gasteiger charge is -2.19. The van der Waals surface area contributed by atoms with E-state index in [0.29, 0.717) is 41.7 Å². The van der Waals surface area contributed by atoms with Gasteiger partial charge in [-0.1, -0.05) is 18.6 Å². The molecule has 0 radical (unpaired) electrons. The number of carbonyl (C=O) groups excluding carboxylic acids is 6. The van der Waals surface area contributed by atoms with Crippen molar-refractivity contribution in [3.05, 3.63) is 33.9 Å². The van der Waals surface area contributed by atoms with Crippen LogP contribution in [0.3, 0.4) is 0 Å². The summed E-state index contributed by atoms with van der Waals surface area (Å²) < 4.78 is 36.6. The zero-order chi connectivity index (χ0) is 34.4. The fourth-order valence-electron chi connectivity index (χ4n) is 4.82. The second-order valence-electron chi connectivity index (χ2n) is 11.1. The van der Waals surface area contributed by atoms with Crippen LogP contribution >= 0.6 is 0 Å². The Morgan fingerprint density at radius 2 is 1.54 bits per heavy atom. The molecule has 13 nitrogen and oxygen atoms in total. The first-order valence-corrected chi connectivity index (χ1v) is 15.1. The van der Waals surface area contributed by atoms with Gasteiger partial charge in [-0.2, -0.15) is 0 Å². The molecule has 1 aliphatic rings. The summed E-state index contributed by atoms with van der Waals surface area (Å²) in [5.41, 5.74) is 2.91. The van der Waals surface area contributed by atoms with E-state index in [1.807, 2.05) is 26.8 Å². The minimum Gasteiger partial charge on any atom is -0.496 e. The van der Waals surface area contributed by atoms with Crippen molar-refractivity contribution in [3.8, 4) is 11.5 Å². The SMILES string of the molecule is COC(=O)CC/C(C)=C/Cc1c(OC)c(C)c2c(c1OC(=O)CCCC(C)CC(=O)OC(COC(C)=O)COC(C)=O)C(=O)OC2. The molecule has 1 aliphatic heterocycles. The third-order valence-corrected chi connectivity index (χ3v) is 7.28. The molecular formula is C33H44O13. The molecule has 0 bridgehead atoms. The lowest BCUT2D eigenvalue weighted by molar-refractivity contribution is -0.166. The van der Waals surface area contributed by atoms with E-state index in [1.54, 1.807) is 0 Å². The Kier molecular flexibility index (Phi) is 15.2. The summed E-state index contributed by atoms with van der Waals surface area (Å²) in [6.45, 7) is 7.45. The minimum atomic E-state index is -0.942. The van der Waals surface area contributed by atoms with Crippen LogP contribution in [0.4, 0.5) is 0 Å². The van der Waals surface area contributed by atoms with Crippen molar-refractivity contribution in [3.63, 3.8) is 0 Å². The highest BCUT2D eigenvalue weighted by molar-refractivity contribution is 5.99. The molecule has 0 amide bonds. The van der Waals surface area contributed by atoms with Crippen molar-refractivity contribution < 1.29 is 61.9 Å². The van der Waals surface area contributed by atoms with Crippen LogP contribution in [-0.2, 0) is 60.7 Å². The minimum absolute atomic E-state index is 0.00830. The number of fused-ring (bicyclic) bond motifs is 1. The van der Waals surface area contributed by atoms with E-state index < -0.39 is 36.0 Å². The van der Waals surface area contributed by atoms with Crippen LogP contribution in [0.5, 0.6) is 11.5 Å². The number of benzene rings is 1. The average molecular weight is 649 g/mol. The van der Waals surface area contributed by atoms with Gasteiger partial charge in [0.25, 0.3) is 0 Å². The number of allylic oxidation sites excluding steroid dienone is 2. The molecule has 2 rings (SSSR count). The molecule has 254 valence electrons. The van der Waals surface area contributed by atoms with Crippen molar-refractivity contribution in [1.29, 1.82) is 0 Å². The molecule has 1 aromatic carbocycles. The number of cyclic esters (lactones) is 1. The Balaban J connectivity index is 2.08. The van der Waals surface area contributed by atoms with E-state index in [9.17, 15) is 28.8 Å². The Morgan fingerprint density at radius 1 is 0.891 bits per heavy atom. The lowest BCUT2D eigenvalue weighted by Crippen LogP contribution is -2.30. The van der Waals surface area contributed by atoms with Crippen LogP contribution in [0.15, 0.2) is 11.6 Å². The standard InChI is InChI=1S/C33H44O13/c1-19(12-14-27(36)40-6)11-13-25-31(41-7)21(3)26-18-44-33(39)30(26)32(25)46-28(37)10-8-9-20(2)15-29(38)45-24(16-42-22(4)34)17-43-23(5)35/h11,20,24H,8-10,12-18H2,1-7H3/b19-11+. The predicted octanol–water partition coefficient (Wildman–Crippen LogP) is 4.26. The Bertz CT molecular complexity index is 1310. The maximum absolute atomic E-state index is 13.1. The summed E-state index contributed by atoms with van der Waals surface area (Å²) >= 11 is 0. The molecule has 13 heteroatoms. The van der Waals surface area contributed by atoms with Gasteiger partial charge in [-0.25, -0.2) is 4.79 Å². The molecule has 1 aromatic rings. The van der Waals surface area contributed by atoms with Gasteiger partial charge in [0.15, 0.2) is 11.9 Å². The van der Waals surface area contributed by atoms with Gasteiger partial charge in [0.2, 0.25) is 0 Å². The molecule has 0 aliphatic carbocycles. The van der Waals surface area contributed by atoms with Crippen LogP contribution in [-0.4, -0.2) is 69.4 Å². The highest BCUT2D eigenvalue weighted by atomic mass is 16.6. The summed E-state index contributed by atoms with van der Waals surface area (Å²) in [5.74, 6) is -2.80. The van der Waals surface area contributed by atoms with Crippen molar-refractivity contribution in [2.45, 2.75) is 92.3 Å².